The SMILES string of the molecule is c1ccc(N2CCN(C3CCN(CC4CCCCO4)CC3)CC2)cc1. The van der Waals surface area contributed by atoms with Crippen LogP contribution in [-0.4, -0.2) is 74.4 Å². The maximum Gasteiger partial charge on any atom is 0.0702 e. The summed E-state index contributed by atoms with van der Waals surface area (Å²) >= 11 is 0. The highest BCUT2D eigenvalue weighted by Crippen LogP contribution is 2.22. The number of nitrogens with zero attached hydrogens (tertiary/aromatic N) is 3. The molecule has 0 saturated carbocycles. The Labute approximate surface area is 152 Å². The van der Waals surface area contributed by atoms with Crippen molar-refractivity contribution in [3.63, 3.8) is 0 Å². The molecular weight excluding hydrogens is 310 g/mol. The molecule has 4 heteroatoms. The van der Waals surface area contributed by atoms with Crippen molar-refractivity contribution < 1.29 is 4.74 Å². The summed E-state index contributed by atoms with van der Waals surface area (Å²) in [6, 6.07) is 11.7. The molecule has 3 aliphatic heterocycles. The number of ether oxygens (including phenoxy) is 1. The van der Waals surface area contributed by atoms with E-state index in [2.05, 4.69) is 45.0 Å². The minimum absolute atomic E-state index is 0.500. The second-order valence-corrected chi connectivity index (χ2v) is 7.88. The molecule has 4 nitrogen and oxygen atoms in total. The number of rotatable bonds is 4. The molecule has 0 aromatic heterocycles. The molecule has 4 rings (SSSR count). The van der Waals surface area contributed by atoms with Crippen molar-refractivity contribution in [3.8, 4) is 0 Å². The second-order valence-electron chi connectivity index (χ2n) is 7.88. The van der Waals surface area contributed by atoms with Crippen LogP contribution in [0.2, 0.25) is 0 Å². The normalized spacial score (nSPS) is 27.5. The van der Waals surface area contributed by atoms with Gasteiger partial charge >= 0.3 is 0 Å². The monoisotopic (exact) mass is 343 g/mol. The summed E-state index contributed by atoms with van der Waals surface area (Å²) in [5.74, 6) is 0. The van der Waals surface area contributed by atoms with Crippen LogP contribution in [0.5, 0.6) is 0 Å². The number of anilines is 1. The highest BCUT2D eigenvalue weighted by Gasteiger charge is 2.28. The van der Waals surface area contributed by atoms with Gasteiger partial charge in [-0.25, -0.2) is 0 Å². The van der Waals surface area contributed by atoms with Crippen LogP contribution in [0.3, 0.4) is 0 Å². The highest BCUT2D eigenvalue weighted by atomic mass is 16.5. The molecule has 1 aromatic carbocycles. The van der Waals surface area contributed by atoms with Gasteiger partial charge in [-0.15, -0.1) is 0 Å². The van der Waals surface area contributed by atoms with E-state index < -0.39 is 0 Å². The fraction of sp³-hybridized carbons (Fsp3) is 0.714. The van der Waals surface area contributed by atoms with Gasteiger partial charge in [0.05, 0.1) is 6.10 Å². The van der Waals surface area contributed by atoms with Gasteiger partial charge in [0.15, 0.2) is 0 Å². The Bertz CT molecular complexity index is 501. The lowest BCUT2D eigenvalue weighted by atomic mass is 10.0. The number of hydrogen-bond acceptors (Lipinski definition) is 4. The van der Waals surface area contributed by atoms with Crippen LogP contribution in [-0.2, 0) is 4.74 Å². The molecule has 3 saturated heterocycles. The topological polar surface area (TPSA) is 19.0 Å². The average Bonchev–Trinajstić information content (AvgIpc) is 2.70. The van der Waals surface area contributed by atoms with Gasteiger partial charge < -0.3 is 14.5 Å². The molecule has 0 amide bonds. The van der Waals surface area contributed by atoms with Crippen LogP contribution in [0.4, 0.5) is 5.69 Å². The first kappa shape index (κ1) is 17.3. The molecule has 138 valence electrons. The molecule has 0 bridgehead atoms. The van der Waals surface area contributed by atoms with E-state index in [0.717, 1.165) is 19.2 Å². The lowest BCUT2D eigenvalue weighted by Crippen LogP contribution is -2.53. The van der Waals surface area contributed by atoms with Gasteiger partial charge in [0.25, 0.3) is 0 Å². The van der Waals surface area contributed by atoms with Crippen LogP contribution < -0.4 is 4.90 Å². The zero-order valence-electron chi connectivity index (χ0n) is 15.5. The Morgan fingerprint density at radius 3 is 2.28 bits per heavy atom. The van der Waals surface area contributed by atoms with Gasteiger partial charge in [-0.1, -0.05) is 18.2 Å². The number of benzene rings is 1. The third-order valence-electron chi connectivity index (χ3n) is 6.24. The van der Waals surface area contributed by atoms with Gasteiger partial charge in [-0.3, -0.25) is 4.90 Å². The molecular formula is C21H33N3O. The summed E-state index contributed by atoms with van der Waals surface area (Å²) in [5, 5.41) is 0. The van der Waals surface area contributed by atoms with Gasteiger partial charge in [0.2, 0.25) is 0 Å². The molecule has 25 heavy (non-hydrogen) atoms. The fourth-order valence-corrected chi connectivity index (χ4v) is 4.69. The predicted molar refractivity (Wildman–Crippen MR) is 103 cm³/mol. The summed E-state index contributed by atoms with van der Waals surface area (Å²) in [5.41, 5.74) is 1.38. The summed E-state index contributed by atoms with van der Waals surface area (Å²) in [7, 11) is 0. The molecule has 0 radical (unpaired) electrons. The summed E-state index contributed by atoms with van der Waals surface area (Å²) in [4.78, 5) is 7.92. The van der Waals surface area contributed by atoms with E-state index in [1.54, 1.807) is 0 Å². The first-order chi connectivity index (χ1) is 12.4. The Hall–Kier alpha value is -1.10. The fourth-order valence-electron chi connectivity index (χ4n) is 4.69. The van der Waals surface area contributed by atoms with E-state index in [1.165, 1.54) is 77.1 Å². The first-order valence-electron chi connectivity index (χ1n) is 10.3. The largest absolute Gasteiger partial charge is 0.377 e. The lowest BCUT2D eigenvalue weighted by molar-refractivity contribution is -0.0141. The Kier molecular flexibility index (Phi) is 5.90. The maximum atomic E-state index is 5.92. The number of piperazine rings is 1. The van der Waals surface area contributed by atoms with Gasteiger partial charge in [0.1, 0.15) is 0 Å². The summed E-state index contributed by atoms with van der Waals surface area (Å²) in [6.07, 6.45) is 7.04. The van der Waals surface area contributed by atoms with Crippen LogP contribution in [0.1, 0.15) is 32.1 Å². The number of hydrogen-bond donors (Lipinski definition) is 0. The van der Waals surface area contributed by atoms with Crippen molar-refractivity contribution in [1.29, 1.82) is 0 Å². The zero-order chi connectivity index (χ0) is 16.9. The van der Waals surface area contributed by atoms with Crippen LogP contribution in [0, 0.1) is 0 Å². The van der Waals surface area contributed by atoms with E-state index in [4.69, 9.17) is 4.74 Å². The Morgan fingerprint density at radius 2 is 1.60 bits per heavy atom. The predicted octanol–water partition coefficient (Wildman–Crippen LogP) is 2.84. The smallest absolute Gasteiger partial charge is 0.0702 e. The quantitative estimate of drug-likeness (QED) is 0.837. The Balaban J connectivity index is 1.20. The molecule has 0 N–H and O–H groups in total. The van der Waals surface area contributed by atoms with Crippen molar-refractivity contribution in [2.45, 2.75) is 44.2 Å². The first-order valence-corrected chi connectivity index (χ1v) is 10.3. The van der Waals surface area contributed by atoms with E-state index in [-0.39, 0.29) is 0 Å². The molecule has 1 atom stereocenters. The minimum atomic E-state index is 0.500. The maximum absolute atomic E-state index is 5.92. The van der Waals surface area contributed by atoms with Crippen molar-refractivity contribution >= 4 is 5.69 Å². The van der Waals surface area contributed by atoms with Crippen LogP contribution in [0.25, 0.3) is 0 Å². The van der Waals surface area contributed by atoms with E-state index in [0.29, 0.717) is 6.10 Å². The van der Waals surface area contributed by atoms with Gasteiger partial charge in [-0.2, -0.15) is 0 Å². The third kappa shape index (κ3) is 4.55. The minimum Gasteiger partial charge on any atom is -0.377 e. The van der Waals surface area contributed by atoms with Crippen molar-refractivity contribution in [2.24, 2.45) is 0 Å². The highest BCUT2D eigenvalue weighted by molar-refractivity contribution is 5.46. The van der Waals surface area contributed by atoms with Crippen LogP contribution >= 0.6 is 0 Å². The summed E-state index contributed by atoms with van der Waals surface area (Å²) in [6.45, 7) is 9.41. The standard InChI is InChI=1S/C21H33N3O/c1-2-6-19(7-3-1)23-13-15-24(16-14-23)20-9-11-22(12-10-20)18-21-8-4-5-17-25-21/h1-3,6-7,20-21H,4-5,8-18H2. The van der Waals surface area contributed by atoms with Gasteiger partial charge in [0, 0.05) is 51.1 Å². The Morgan fingerprint density at radius 1 is 0.840 bits per heavy atom. The number of likely N-dealkylation sites (tertiary alicyclic amines) is 1. The average molecular weight is 344 g/mol. The third-order valence-corrected chi connectivity index (χ3v) is 6.24. The van der Waals surface area contributed by atoms with E-state index >= 15 is 0 Å². The van der Waals surface area contributed by atoms with Gasteiger partial charge in [-0.05, 0) is 57.3 Å². The van der Waals surface area contributed by atoms with Crippen molar-refractivity contribution in [3.05, 3.63) is 30.3 Å². The number of piperidine rings is 1. The van der Waals surface area contributed by atoms with E-state index in [9.17, 15) is 0 Å². The lowest BCUT2D eigenvalue weighted by Gasteiger charge is -2.44. The van der Waals surface area contributed by atoms with Crippen LogP contribution in [0.15, 0.2) is 30.3 Å². The molecule has 3 aliphatic rings. The second kappa shape index (κ2) is 8.52. The molecule has 0 spiro atoms. The zero-order valence-corrected chi connectivity index (χ0v) is 15.5. The molecule has 0 aliphatic carbocycles. The van der Waals surface area contributed by atoms with Crippen molar-refractivity contribution in [2.75, 3.05) is 57.3 Å². The number of para-hydroxylation sites is 1. The summed E-state index contributed by atoms with van der Waals surface area (Å²) < 4.78 is 5.92. The van der Waals surface area contributed by atoms with E-state index in [1.807, 2.05) is 0 Å². The molecule has 3 fully saturated rings. The van der Waals surface area contributed by atoms with Crippen molar-refractivity contribution in [1.82, 2.24) is 9.80 Å². The molecule has 1 unspecified atom stereocenters. The molecule has 1 aromatic rings. The molecule has 3 heterocycles.